The van der Waals surface area contributed by atoms with E-state index in [0.717, 1.165) is 50.7 Å². The van der Waals surface area contributed by atoms with Crippen LogP contribution in [0.1, 0.15) is 12.5 Å². The van der Waals surface area contributed by atoms with Crippen molar-refractivity contribution in [2.24, 2.45) is 0 Å². The van der Waals surface area contributed by atoms with Crippen LogP contribution >= 0.6 is 0 Å². The van der Waals surface area contributed by atoms with Gasteiger partial charge in [0.2, 0.25) is 0 Å². The molecule has 2 nitrogen and oxygen atoms in total. The third kappa shape index (κ3) is 4.01. The molecule has 2 heterocycles. The number of aromatic nitrogens is 2. The fourth-order valence-electron chi connectivity index (χ4n) is 5.36. The highest BCUT2D eigenvalue weighted by molar-refractivity contribution is 5.92. The lowest BCUT2D eigenvalue weighted by Crippen LogP contribution is -1.90. The van der Waals surface area contributed by atoms with Gasteiger partial charge in [-0.25, -0.2) is 9.97 Å². The molecule has 0 spiro atoms. The van der Waals surface area contributed by atoms with Gasteiger partial charge in [0.05, 0.1) is 22.4 Å². The Kier molecular flexibility index (Phi) is 5.44. The summed E-state index contributed by atoms with van der Waals surface area (Å²) in [7, 11) is 0. The smallest absolute Gasteiger partial charge is 0.0715 e. The predicted molar refractivity (Wildman–Crippen MR) is 160 cm³/mol. The molecule has 0 bridgehead atoms. The molecule has 0 amide bonds. The molecule has 2 heteroatoms. The molecule has 0 atom stereocenters. The molecule has 180 valence electrons. The van der Waals surface area contributed by atoms with Gasteiger partial charge in [0, 0.05) is 21.9 Å². The summed E-state index contributed by atoms with van der Waals surface area (Å²) < 4.78 is 0. The molecule has 0 aliphatic heterocycles. The molecule has 5 aromatic carbocycles. The highest BCUT2D eigenvalue weighted by atomic mass is 14.7. The quantitative estimate of drug-likeness (QED) is 0.247. The van der Waals surface area contributed by atoms with E-state index in [1.807, 2.05) is 18.2 Å². The molecule has 0 saturated heterocycles. The second kappa shape index (κ2) is 9.24. The summed E-state index contributed by atoms with van der Waals surface area (Å²) in [6.45, 7) is 2.22. The van der Waals surface area contributed by atoms with Crippen LogP contribution in [0, 0.1) is 0 Å². The first-order valence-corrected chi connectivity index (χ1v) is 13.1. The largest absolute Gasteiger partial charge is 0.248 e. The molecule has 0 radical (unpaired) electrons. The summed E-state index contributed by atoms with van der Waals surface area (Å²) in [6, 6.07) is 45.1. The highest BCUT2D eigenvalue weighted by Gasteiger charge is 2.09. The van der Waals surface area contributed by atoms with Crippen LogP contribution < -0.4 is 0 Å². The van der Waals surface area contributed by atoms with E-state index in [9.17, 15) is 0 Å². The Bertz CT molecular complexity index is 1950. The number of fused-ring (bicyclic) bond motifs is 3. The van der Waals surface area contributed by atoms with Crippen molar-refractivity contribution < 1.29 is 0 Å². The number of hydrogen-bond donors (Lipinski definition) is 0. The maximum absolute atomic E-state index is 5.11. The van der Waals surface area contributed by atoms with Crippen LogP contribution in [0.5, 0.6) is 0 Å². The number of rotatable bonds is 4. The van der Waals surface area contributed by atoms with Crippen molar-refractivity contribution in [3.05, 3.63) is 133 Å². The van der Waals surface area contributed by atoms with Crippen LogP contribution in [0.15, 0.2) is 127 Å². The lowest BCUT2D eigenvalue weighted by Gasteiger charge is -2.10. The van der Waals surface area contributed by atoms with Crippen LogP contribution in [0.4, 0.5) is 0 Å². The first kappa shape index (κ1) is 22.4. The molecule has 0 aliphatic carbocycles. The Morgan fingerprint density at radius 1 is 0.447 bits per heavy atom. The van der Waals surface area contributed by atoms with Crippen molar-refractivity contribution in [3.8, 4) is 33.6 Å². The van der Waals surface area contributed by atoms with Crippen LogP contribution in [-0.2, 0) is 6.42 Å². The van der Waals surface area contributed by atoms with Crippen LogP contribution in [0.2, 0.25) is 0 Å². The Hall–Kier alpha value is -4.82. The van der Waals surface area contributed by atoms with Crippen molar-refractivity contribution in [3.63, 3.8) is 0 Å². The highest BCUT2D eigenvalue weighted by Crippen LogP contribution is 2.31. The number of aryl methyl sites for hydroxylation is 1. The maximum Gasteiger partial charge on any atom is 0.0715 e. The summed E-state index contributed by atoms with van der Waals surface area (Å²) in [5.74, 6) is 0. The summed E-state index contributed by atoms with van der Waals surface area (Å²) in [4.78, 5) is 10.0. The van der Waals surface area contributed by atoms with E-state index < -0.39 is 0 Å². The van der Waals surface area contributed by atoms with Crippen molar-refractivity contribution in [2.45, 2.75) is 13.3 Å². The first-order valence-electron chi connectivity index (χ1n) is 13.1. The van der Waals surface area contributed by atoms with Gasteiger partial charge in [-0.3, -0.25) is 0 Å². The fourth-order valence-corrected chi connectivity index (χ4v) is 5.36. The van der Waals surface area contributed by atoms with Crippen molar-refractivity contribution in [2.75, 3.05) is 0 Å². The standard InChI is InChI=1S/C36H26N2/c1-2-24-20-31(22-29-10-6-7-11-32(24)29)35-17-14-26-12-13-28(23-36(26)38-35)27-15-18-34-30(21-27)16-19-33(37-34)25-8-4-3-5-9-25/h3-23H,2H2,1H3. The molecular formula is C36H26N2. The van der Waals surface area contributed by atoms with Crippen molar-refractivity contribution in [1.82, 2.24) is 9.97 Å². The normalized spacial score (nSPS) is 11.4. The van der Waals surface area contributed by atoms with Gasteiger partial charge in [-0.2, -0.15) is 0 Å². The number of benzene rings is 5. The van der Waals surface area contributed by atoms with Gasteiger partial charge in [-0.15, -0.1) is 0 Å². The van der Waals surface area contributed by atoms with E-state index in [2.05, 4.69) is 116 Å². The topological polar surface area (TPSA) is 25.8 Å². The minimum absolute atomic E-state index is 0.994. The van der Waals surface area contributed by atoms with Gasteiger partial charge in [0.25, 0.3) is 0 Å². The van der Waals surface area contributed by atoms with Gasteiger partial charge in [0.1, 0.15) is 0 Å². The Morgan fingerprint density at radius 3 is 1.97 bits per heavy atom. The molecular weight excluding hydrogens is 460 g/mol. The molecule has 0 N–H and O–H groups in total. The van der Waals surface area contributed by atoms with Gasteiger partial charge in [0.15, 0.2) is 0 Å². The molecule has 0 aliphatic rings. The van der Waals surface area contributed by atoms with Gasteiger partial charge in [-0.05, 0) is 76.3 Å². The fraction of sp³-hybridized carbons (Fsp3) is 0.0556. The van der Waals surface area contributed by atoms with Crippen molar-refractivity contribution >= 4 is 32.6 Å². The van der Waals surface area contributed by atoms with E-state index in [1.165, 1.54) is 27.5 Å². The number of pyridine rings is 2. The van der Waals surface area contributed by atoms with E-state index in [4.69, 9.17) is 9.97 Å². The maximum atomic E-state index is 5.11. The van der Waals surface area contributed by atoms with Gasteiger partial charge in [-0.1, -0.05) is 91.9 Å². The van der Waals surface area contributed by atoms with Crippen LogP contribution in [0.3, 0.4) is 0 Å². The Labute approximate surface area is 222 Å². The predicted octanol–water partition coefficient (Wildman–Crippen LogP) is 9.50. The van der Waals surface area contributed by atoms with E-state index in [0.29, 0.717) is 0 Å². The zero-order chi connectivity index (χ0) is 25.5. The zero-order valence-corrected chi connectivity index (χ0v) is 21.2. The second-order valence-electron chi connectivity index (χ2n) is 9.78. The molecule has 2 aromatic heterocycles. The number of nitrogens with zero attached hydrogens (tertiary/aromatic N) is 2. The monoisotopic (exact) mass is 486 g/mol. The lowest BCUT2D eigenvalue weighted by atomic mass is 9.97. The molecule has 0 unspecified atom stereocenters. The third-order valence-corrected chi connectivity index (χ3v) is 7.41. The van der Waals surface area contributed by atoms with E-state index in [1.54, 1.807) is 0 Å². The van der Waals surface area contributed by atoms with E-state index >= 15 is 0 Å². The Balaban J connectivity index is 1.28. The zero-order valence-electron chi connectivity index (χ0n) is 21.2. The lowest BCUT2D eigenvalue weighted by molar-refractivity contribution is 1.16. The van der Waals surface area contributed by atoms with E-state index in [-0.39, 0.29) is 0 Å². The molecule has 38 heavy (non-hydrogen) atoms. The third-order valence-electron chi connectivity index (χ3n) is 7.41. The first-order chi connectivity index (χ1) is 18.7. The Morgan fingerprint density at radius 2 is 1.11 bits per heavy atom. The molecule has 7 aromatic rings. The average molecular weight is 487 g/mol. The average Bonchev–Trinajstić information content (AvgIpc) is 2.99. The SMILES string of the molecule is CCc1cc(-c2ccc3ccc(-c4ccc5nc(-c6ccccc6)ccc5c4)cc3n2)cc2ccccc12. The second-order valence-corrected chi connectivity index (χ2v) is 9.78. The summed E-state index contributed by atoms with van der Waals surface area (Å²) in [5, 5.41) is 4.86. The molecule has 0 saturated carbocycles. The summed E-state index contributed by atoms with van der Waals surface area (Å²) >= 11 is 0. The molecule has 7 rings (SSSR count). The summed E-state index contributed by atoms with van der Waals surface area (Å²) in [6.07, 6.45) is 0.996. The summed E-state index contributed by atoms with van der Waals surface area (Å²) in [5.41, 5.74) is 9.98. The van der Waals surface area contributed by atoms with Crippen LogP contribution in [0.25, 0.3) is 66.2 Å². The minimum Gasteiger partial charge on any atom is -0.248 e. The minimum atomic E-state index is 0.994. The van der Waals surface area contributed by atoms with Crippen molar-refractivity contribution in [1.29, 1.82) is 0 Å². The van der Waals surface area contributed by atoms with Crippen LogP contribution in [-0.4, -0.2) is 9.97 Å². The van der Waals surface area contributed by atoms with Gasteiger partial charge < -0.3 is 0 Å². The number of hydrogen-bond acceptors (Lipinski definition) is 2. The molecule has 0 fully saturated rings. The van der Waals surface area contributed by atoms with Gasteiger partial charge >= 0.3 is 0 Å².